The molecule has 2 rings (SSSR count). The van der Waals surface area contributed by atoms with E-state index in [-0.39, 0.29) is 0 Å². The van der Waals surface area contributed by atoms with Gasteiger partial charge in [0.2, 0.25) is 9.04 Å². The average molecular weight is 273 g/mol. The van der Waals surface area contributed by atoms with Crippen LogP contribution in [0.4, 0.5) is 5.69 Å². The first-order chi connectivity index (χ1) is 9.08. The van der Waals surface area contributed by atoms with E-state index in [9.17, 15) is 0 Å². The van der Waals surface area contributed by atoms with Gasteiger partial charge in [0, 0.05) is 24.5 Å². The molecule has 0 atom stereocenters. The zero-order valence-electron chi connectivity index (χ0n) is 11.8. The van der Waals surface area contributed by atoms with Crippen LogP contribution in [-0.2, 0) is 7.05 Å². The van der Waals surface area contributed by atoms with Crippen LogP contribution in [0.2, 0.25) is 13.1 Å². The van der Waals surface area contributed by atoms with Crippen LogP contribution in [0, 0.1) is 6.92 Å². The summed E-state index contributed by atoms with van der Waals surface area (Å²) in [6.07, 6.45) is 3.66. The Morgan fingerprint density at radius 2 is 2.05 bits per heavy atom. The molecule has 4 nitrogen and oxygen atoms in total. The monoisotopic (exact) mass is 273 g/mol. The number of benzene rings is 1. The van der Waals surface area contributed by atoms with E-state index in [1.165, 1.54) is 0 Å². The smallest absolute Gasteiger partial charge is 0.229 e. The van der Waals surface area contributed by atoms with Crippen LogP contribution in [0.15, 0.2) is 35.5 Å². The van der Waals surface area contributed by atoms with Gasteiger partial charge in [-0.05, 0) is 32.2 Å². The van der Waals surface area contributed by atoms with Crippen molar-refractivity contribution in [3.05, 3.63) is 41.7 Å². The molecule has 19 heavy (non-hydrogen) atoms. The van der Waals surface area contributed by atoms with Gasteiger partial charge in [0.05, 0.1) is 6.20 Å². The zero-order chi connectivity index (χ0) is 13.8. The molecule has 1 aromatic heterocycles. The van der Waals surface area contributed by atoms with E-state index in [1.807, 2.05) is 55.3 Å². The van der Waals surface area contributed by atoms with Crippen molar-refractivity contribution in [1.29, 1.82) is 0 Å². The van der Waals surface area contributed by atoms with Crippen LogP contribution in [0.5, 0.6) is 5.75 Å². The van der Waals surface area contributed by atoms with E-state index in [4.69, 9.17) is 4.43 Å². The van der Waals surface area contributed by atoms with E-state index < -0.39 is 9.04 Å². The second-order valence-electron chi connectivity index (χ2n) is 4.70. The Balaban J connectivity index is 2.25. The molecule has 0 N–H and O–H groups in total. The van der Waals surface area contributed by atoms with Crippen molar-refractivity contribution in [2.75, 3.05) is 0 Å². The predicted molar refractivity (Wildman–Crippen MR) is 81.1 cm³/mol. The lowest BCUT2D eigenvalue weighted by Crippen LogP contribution is -2.11. The van der Waals surface area contributed by atoms with Crippen molar-refractivity contribution in [3.8, 4) is 5.75 Å². The van der Waals surface area contributed by atoms with Crippen LogP contribution in [0.1, 0.15) is 11.3 Å². The highest BCUT2D eigenvalue weighted by Gasteiger charge is 2.05. The van der Waals surface area contributed by atoms with Gasteiger partial charge in [-0.2, -0.15) is 5.10 Å². The molecule has 2 aromatic rings. The second-order valence-corrected chi connectivity index (χ2v) is 7.03. The van der Waals surface area contributed by atoms with E-state index in [2.05, 4.69) is 23.2 Å². The molecule has 0 fully saturated rings. The van der Waals surface area contributed by atoms with Gasteiger partial charge in [-0.25, -0.2) is 0 Å². The third kappa shape index (κ3) is 3.32. The molecule has 100 valence electrons. The van der Waals surface area contributed by atoms with Crippen LogP contribution < -0.4 is 4.43 Å². The molecule has 0 aliphatic carbocycles. The van der Waals surface area contributed by atoms with E-state index in [0.717, 1.165) is 22.7 Å². The van der Waals surface area contributed by atoms with Gasteiger partial charge in [-0.1, -0.05) is 12.1 Å². The van der Waals surface area contributed by atoms with E-state index in [1.54, 1.807) is 0 Å². The van der Waals surface area contributed by atoms with Crippen molar-refractivity contribution in [3.63, 3.8) is 0 Å². The van der Waals surface area contributed by atoms with Gasteiger partial charge in [0.15, 0.2) is 0 Å². The van der Waals surface area contributed by atoms with Gasteiger partial charge >= 0.3 is 0 Å². The summed E-state index contributed by atoms with van der Waals surface area (Å²) >= 11 is 0. The quantitative estimate of drug-likeness (QED) is 0.635. The van der Waals surface area contributed by atoms with Crippen molar-refractivity contribution in [2.45, 2.75) is 20.0 Å². The summed E-state index contributed by atoms with van der Waals surface area (Å²) in [7, 11) is 0.805. The number of aryl methyl sites for hydroxylation is 1. The number of para-hydroxylation sites is 2. The predicted octanol–water partition coefficient (Wildman–Crippen LogP) is 2.84. The third-order valence-electron chi connectivity index (χ3n) is 2.84. The Morgan fingerprint density at radius 1 is 1.32 bits per heavy atom. The molecular formula is C14H19N3OSi. The maximum absolute atomic E-state index is 5.87. The molecule has 0 saturated carbocycles. The molecule has 1 heterocycles. The van der Waals surface area contributed by atoms with E-state index >= 15 is 0 Å². The van der Waals surface area contributed by atoms with Gasteiger partial charge in [-0.3, -0.25) is 9.67 Å². The Labute approximate surface area is 115 Å². The molecule has 0 aliphatic rings. The van der Waals surface area contributed by atoms with Gasteiger partial charge in [-0.15, -0.1) is 0 Å². The summed E-state index contributed by atoms with van der Waals surface area (Å²) in [5.41, 5.74) is 2.99. The first-order valence-electron chi connectivity index (χ1n) is 6.36. The summed E-state index contributed by atoms with van der Waals surface area (Å²) in [6, 6.07) is 7.88. The molecule has 0 bridgehead atoms. The number of hydrogen-bond donors (Lipinski definition) is 0. The molecular weight excluding hydrogens is 254 g/mol. The SMILES string of the molecule is Cc1c(C=Nc2ccccc2O[SiH](C)C)cnn1C. The summed E-state index contributed by atoms with van der Waals surface area (Å²) in [5, 5.41) is 4.20. The first kappa shape index (κ1) is 13.5. The fourth-order valence-corrected chi connectivity index (χ4v) is 2.41. The van der Waals surface area contributed by atoms with Crippen molar-refractivity contribution in [2.24, 2.45) is 12.0 Å². The lowest BCUT2D eigenvalue weighted by molar-refractivity contribution is 0.582. The van der Waals surface area contributed by atoms with Crippen LogP contribution >= 0.6 is 0 Å². The Bertz CT molecular complexity index is 590. The van der Waals surface area contributed by atoms with Crippen LogP contribution in [0.25, 0.3) is 0 Å². The number of hydrogen-bond acceptors (Lipinski definition) is 3. The molecule has 0 spiro atoms. The number of nitrogens with zero attached hydrogens (tertiary/aromatic N) is 3. The highest BCUT2D eigenvalue weighted by Crippen LogP contribution is 2.27. The average Bonchev–Trinajstić information content (AvgIpc) is 2.68. The molecule has 0 saturated heterocycles. The van der Waals surface area contributed by atoms with Gasteiger partial charge in [0.1, 0.15) is 11.4 Å². The van der Waals surface area contributed by atoms with Gasteiger partial charge < -0.3 is 4.43 Å². The van der Waals surface area contributed by atoms with Crippen molar-refractivity contribution in [1.82, 2.24) is 9.78 Å². The Morgan fingerprint density at radius 3 is 2.68 bits per heavy atom. The van der Waals surface area contributed by atoms with Gasteiger partial charge in [0.25, 0.3) is 0 Å². The molecule has 1 aromatic carbocycles. The lowest BCUT2D eigenvalue weighted by Gasteiger charge is -2.11. The molecule has 0 unspecified atom stereocenters. The van der Waals surface area contributed by atoms with Crippen molar-refractivity contribution >= 4 is 20.9 Å². The Kier molecular flexibility index (Phi) is 4.16. The summed E-state index contributed by atoms with van der Waals surface area (Å²) in [5.74, 6) is 0.863. The minimum atomic E-state index is -1.12. The molecule has 5 heteroatoms. The normalized spacial score (nSPS) is 11.4. The second kappa shape index (κ2) is 5.84. The maximum atomic E-state index is 5.87. The topological polar surface area (TPSA) is 39.4 Å². The minimum Gasteiger partial charge on any atom is -0.546 e. The summed E-state index contributed by atoms with van der Waals surface area (Å²) in [6.45, 7) is 6.31. The maximum Gasteiger partial charge on any atom is 0.229 e. The summed E-state index contributed by atoms with van der Waals surface area (Å²) < 4.78 is 7.71. The molecule has 0 radical (unpaired) electrons. The van der Waals surface area contributed by atoms with Crippen LogP contribution in [-0.4, -0.2) is 25.0 Å². The first-order valence-corrected chi connectivity index (χ1v) is 9.14. The van der Waals surface area contributed by atoms with Crippen molar-refractivity contribution < 1.29 is 4.43 Å². The molecule has 0 amide bonds. The Hall–Kier alpha value is -1.88. The minimum absolute atomic E-state index is 0.863. The number of rotatable bonds is 4. The zero-order valence-corrected chi connectivity index (χ0v) is 12.9. The fraction of sp³-hybridized carbons (Fsp3) is 0.286. The van der Waals surface area contributed by atoms with Crippen LogP contribution in [0.3, 0.4) is 0 Å². The highest BCUT2D eigenvalue weighted by atomic mass is 28.3. The largest absolute Gasteiger partial charge is 0.546 e. The number of aliphatic imine (C=N–C) groups is 1. The standard InChI is InChI=1S/C14H19N3OSi/c1-11-12(10-16-17(11)2)9-15-13-7-5-6-8-14(13)18-19(3)4/h5-10,19H,1-4H3. The highest BCUT2D eigenvalue weighted by molar-refractivity contribution is 6.49. The lowest BCUT2D eigenvalue weighted by atomic mass is 10.2. The molecule has 0 aliphatic heterocycles. The number of aromatic nitrogens is 2. The summed E-state index contributed by atoms with van der Waals surface area (Å²) in [4.78, 5) is 4.52. The fourth-order valence-electron chi connectivity index (χ4n) is 1.70. The third-order valence-corrected chi connectivity index (χ3v) is 3.57. The van der Waals surface area contributed by atoms with E-state index in [0.29, 0.717) is 0 Å².